The van der Waals surface area contributed by atoms with Gasteiger partial charge in [0.1, 0.15) is 5.76 Å². The van der Waals surface area contributed by atoms with Crippen LogP contribution >= 0.6 is 12.2 Å². The fourth-order valence-corrected chi connectivity index (χ4v) is 2.29. The number of anilines is 1. The van der Waals surface area contributed by atoms with Crippen molar-refractivity contribution in [3.8, 4) is 11.5 Å². The van der Waals surface area contributed by atoms with Gasteiger partial charge in [-0.2, -0.15) is 0 Å². The van der Waals surface area contributed by atoms with Crippen LogP contribution in [0.3, 0.4) is 0 Å². The third kappa shape index (κ3) is 3.66. The molecular formula is C15H16N2O3S. The predicted octanol–water partition coefficient (Wildman–Crippen LogP) is 2.93. The third-order valence-corrected chi connectivity index (χ3v) is 3.34. The van der Waals surface area contributed by atoms with Gasteiger partial charge in [-0.25, -0.2) is 0 Å². The largest absolute Gasteiger partial charge is 0.469 e. The molecule has 1 aromatic heterocycles. The Balaban J connectivity index is 1.41. The molecule has 0 unspecified atom stereocenters. The molecule has 21 heavy (non-hydrogen) atoms. The molecule has 2 aromatic rings. The number of thiocarbonyl (C=S) groups is 1. The van der Waals surface area contributed by atoms with Crippen molar-refractivity contribution in [3.63, 3.8) is 0 Å². The highest BCUT2D eigenvalue weighted by Crippen LogP contribution is 2.34. The van der Waals surface area contributed by atoms with E-state index in [4.69, 9.17) is 26.1 Å². The van der Waals surface area contributed by atoms with Gasteiger partial charge >= 0.3 is 0 Å². The van der Waals surface area contributed by atoms with Crippen LogP contribution in [0, 0.1) is 0 Å². The average Bonchev–Trinajstić information content (AvgIpc) is 3.14. The minimum Gasteiger partial charge on any atom is -0.469 e. The van der Waals surface area contributed by atoms with E-state index >= 15 is 0 Å². The standard InChI is InChI=1S/C15H16N2O3S/c21-15(16-7-1-3-12-4-2-8-18-12)17-11-5-6-13-14(9-11)20-10-19-13/h2,4-6,8-9H,1,3,7,10H2,(H2,16,17,21). The first-order valence-corrected chi connectivity index (χ1v) is 7.19. The summed E-state index contributed by atoms with van der Waals surface area (Å²) in [4.78, 5) is 0. The summed E-state index contributed by atoms with van der Waals surface area (Å²) in [6, 6.07) is 9.52. The second-order valence-electron chi connectivity index (χ2n) is 4.63. The molecule has 5 nitrogen and oxygen atoms in total. The summed E-state index contributed by atoms with van der Waals surface area (Å²) in [5.74, 6) is 2.49. The summed E-state index contributed by atoms with van der Waals surface area (Å²) in [6.07, 6.45) is 3.54. The maximum absolute atomic E-state index is 5.32. The summed E-state index contributed by atoms with van der Waals surface area (Å²) in [7, 11) is 0. The van der Waals surface area contributed by atoms with Crippen molar-refractivity contribution in [1.29, 1.82) is 0 Å². The Morgan fingerprint density at radius 1 is 1.19 bits per heavy atom. The minimum absolute atomic E-state index is 0.272. The van der Waals surface area contributed by atoms with Gasteiger partial charge in [-0.1, -0.05) is 0 Å². The highest BCUT2D eigenvalue weighted by Gasteiger charge is 2.13. The number of rotatable bonds is 5. The van der Waals surface area contributed by atoms with Crippen LogP contribution in [0.4, 0.5) is 5.69 Å². The zero-order chi connectivity index (χ0) is 14.5. The molecular weight excluding hydrogens is 288 g/mol. The van der Waals surface area contributed by atoms with Crippen molar-refractivity contribution < 1.29 is 13.9 Å². The zero-order valence-corrected chi connectivity index (χ0v) is 12.2. The van der Waals surface area contributed by atoms with E-state index in [-0.39, 0.29) is 6.79 Å². The monoisotopic (exact) mass is 304 g/mol. The van der Waals surface area contributed by atoms with Crippen LogP contribution in [0.5, 0.6) is 11.5 Å². The Hall–Kier alpha value is -2.21. The van der Waals surface area contributed by atoms with E-state index < -0.39 is 0 Å². The Kier molecular flexibility index (Phi) is 4.25. The number of aryl methyl sites for hydroxylation is 1. The minimum atomic E-state index is 0.272. The van der Waals surface area contributed by atoms with Gasteiger partial charge in [0, 0.05) is 24.7 Å². The number of ether oxygens (including phenoxy) is 2. The lowest BCUT2D eigenvalue weighted by molar-refractivity contribution is 0.174. The normalized spacial score (nSPS) is 12.2. The Bertz CT molecular complexity index is 613. The summed E-state index contributed by atoms with van der Waals surface area (Å²) in [5.41, 5.74) is 0.878. The first-order chi connectivity index (χ1) is 10.3. The van der Waals surface area contributed by atoms with Crippen LogP contribution in [0.1, 0.15) is 12.2 Å². The van der Waals surface area contributed by atoms with Crippen LogP contribution in [0.2, 0.25) is 0 Å². The quantitative estimate of drug-likeness (QED) is 0.654. The smallest absolute Gasteiger partial charge is 0.231 e. The second kappa shape index (κ2) is 6.49. The maximum Gasteiger partial charge on any atom is 0.231 e. The lowest BCUT2D eigenvalue weighted by Gasteiger charge is -2.10. The molecule has 0 aliphatic carbocycles. The van der Waals surface area contributed by atoms with Crippen molar-refractivity contribution in [3.05, 3.63) is 42.4 Å². The Morgan fingerprint density at radius 2 is 2.10 bits per heavy atom. The van der Waals surface area contributed by atoms with Gasteiger partial charge in [0.05, 0.1) is 6.26 Å². The van der Waals surface area contributed by atoms with Gasteiger partial charge in [0.25, 0.3) is 0 Å². The van der Waals surface area contributed by atoms with Gasteiger partial charge in [-0.3, -0.25) is 0 Å². The molecule has 1 aliphatic heterocycles. The van der Waals surface area contributed by atoms with Crippen molar-refractivity contribution in [2.24, 2.45) is 0 Å². The molecule has 1 aromatic carbocycles. The zero-order valence-electron chi connectivity index (χ0n) is 11.4. The molecule has 1 aliphatic rings. The lowest BCUT2D eigenvalue weighted by atomic mass is 10.2. The molecule has 0 saturated heterocycles. The molecule has 0 radical (unpaired) electrons. The van der Waals surface area contributed by atoms with Gasteiger partial charge in [0.15, 0.2) is 16.6 Å². The number of furan rings is 1. The molecule has 2 N–H and O–H groups in total. The van der Waals surface area contributed by atoms with Gasteiger partial charge in [-0.05, 0) is 42.9 Å². The molecule has 0 atom stereocenters. The fourth-order valence-electron chi connectivity index (χ4n) is 2.07. The van der Waals surface area contributed by atoms with Crippen molar-refractivity contribution in [1.82, 2.24) is 5.32 Å². The van der Waals surface area contributed by atoms with Gasteiger partial charge in [-0.15, -0.1) is 0 Å². The number of hydrogen-bond donors (Lipinski definition) is 2. The summed E-state index contributed by atoms with van der Waals surface area (Å²) >= 11 is 5.26. The van der Waals surface area contributed by atoms with E-state index in [9.17, 15) is 0 Å². The van der Waals surface area contributed by atoms with E-state index in [0.717, 1.165) is 42.3 Å². The molecule has 2 heterocycles. The second-order valence-corrected chi connectivity index (χ2v) is 5.04. The van der Waals surface area contributed by atoms with E-state index in [1.54, 1.807) is 6.26 Å². The average molecular weight is 304 g/mol. The van der Waals surface area contributed by atoms with Crippen LogP contribution in [-0.4, -0.2) is 18.5 Å². The van der Waals surface area contributed by atoms with Crippen molar-refractivity contribution >= 4 is 23.0 Å². The van der Waals surface area contributed by atoms with E-state index in [1.807, 2.05) is 30.3 Å². The number of fused-ring (bicyclic) bond motifs is 1. The van der Waals surface area contributed by atoms with Crippen LogP contribution in [-0.2, 0) is 6.42 Å². The summed E-state index contributed by atoms with van der Waals surface area (Å²) in [6.45, 7) is 1.06. The number of nitrogens with one attached hydrogen (secondary N) is 2. The highest BCUT2D eigenvalue weighted by atomic mass is 32.1. The molecule has 0 bridgehead atoms. The van der Waals surface area contributed by atoms with Crippen LogP contribution < -0.4 is 20.1 Å². The summed E-state index contributed by atoms with van der Waals surface area (Å²) < 4.78 is 15.9. The third-order valence-electron chi connectivity index (χ3n) is 3.10. The molecule has 110 valence electrons. The first-order valence-electron chi connectivity index (χ1n) is 6.78. The molecule has 0 amide bonds. The summed E-state index contributed by atoms with van der Waals surface area (Å²) in [5, 5.41) is 6.89. The molecule has 0 saturated carbocycles. The predicted molar refractivity (Wildman–Crippen MR) is 83.8 cm³/mol. The van der Waals surface area contributed by atoms with Gasteiger partial charge in [0.2, 0.25) is 6.79 Å². The van der Waals surface area contributed by atoms with E-state index in [0.29, 0.717) is 5.11 Å². The Morgan fingerprint density at radius 3 is 2.95 bits per heavy atom. The number of benzene rings is 1. The molecule has 0 fully saturated rings. The fraction of sp³-hybridized carbons (Fsp3) is 0.267. The first kappa shape index (κ1) is 13.8. The maximum atomic E-state index is 5.32. The van der Waals surface area contributed by atoms with Crippen LogP contribution in [0.25, 0.3) is 0 Å². The van der Waals surface area contributed by atoms with Crippen molar-refractivity contribution in [2.45, 2.75) is 12.8 Å². The number of hydrogen-bond acceptors (Lipinski definition) is 4. The van der Waals surface area contributed by atoms with E-state index in [2.05, 4.69) is 10.6 Å². The Labute approximate surface area is 128 Å². The van der Waals surface area contributed by atoms with Crippen LogP contribution in [0.15, 0.2) is 41.0 Å². The highest BCUT2D eigenvalue weighted by molar-refractivity contribution is 7.80. The van der Waals surface area contributed by atoms with Gasteiger partial charge < -0.3 is 24.5 Å². The molecule has 0 spiro atoms. The molecule has 6 heteroatoms. The molecule has 3 rings (SSSR count). The lowest BCUT2D eigenvalue weighted by Crippen LogP contribution is -2.29. The van der Waals surface area contributed by atoms with Crippen molar-refractivity contribution in [2.75, 3.05) is 18.7 Å². The SMILES string of the molecule is S=C(NCCCc1ccco1)Nc1ccc2c(c1)OCO2. The van der Waals surface area contributed by atoms with E-state index in [1.165, 1.54) is 0 Å². The topological polar surface area (TPSA) is 55.7 Å².